The average molecular weight is 333 g/mol. The summed E-state index contributed by atoms with van der Waals surface area (Å²) in [6, 6.07) is 9.81. The first kappa shape index (κ1) is 18.1. The molecule has 0 saturated carbocycles. The Bertz CT molecular complexity index is 526. The van der Waals surface area contributed by atoms with Crippen LogP contribution in [0.3, 0.4) is 0 Å². The van der Waals surface area contributed by atoms with Crippen LogP contribution in [0.5, 0.6) is 5.75 Å². The van der Waals surface area contributed by atoms with Gasteiger partial charge in [0.25, 0.3) is 0 Å². The number of para-hydroxylation sites is 1. The summed E-state index contributed by atoms with van der Waals surface area (Å²) in [4.78, 5) is 27.3. The van der Waals surface area contributed by atoms with Gasteiger partial charge in [-0.25, -0.2) is 4.79 Å². The van der Waals surface area contributed by atoms with Crippen molar-refractivity contribution in [3.8, 4) is 5.75 Å². The molecule has 6 nitrogen and oxygen atoms in total. The zero-order chi connectivity index (χ0) is 17.4. The van der Waals surface area contributed by atoms with Crippen molar-refractivity contribution in [2.45, 2.75) is 31.7 Å². The highest BCUT2D eigenvalue weighted by molar-refractivity contribution is 5.76. The van der Waals surface area contributed by atoms with Crippen LogP contribution in [-0.4, -0.2) is 61.6 Å². The summed E-state index contributed by atoms with van der Waals surface area (Å²) >= 11 is 0. The van der Waals surface area contributed by atoms with E-state index in [1.54, 1.807) is 19.0 Å². The van der Waals surface area contributed by atoms with Gasteiger partial charge in [-0.15, -0.1) is 0 Å². The van der Waals surface area contributed by atoms with E-state index in [-0.39, 0.29) is 18.0 Å². The first-order chi connectivity index (χ1) is 11.6. The molecule has 3 amide bonds. The summed E-state index contributed by atoms with van der Waals surface area (Å²) in [6.07, 6.45) is 2.78. The first-order valence-corrected chi connectivity index (χ1v) is 8.49. The molecule has 6 heteroatoms. The lowest BCUT2D eigenvalue weighted by Crippen LogP contribution is -2.49. The van der Waals surface area contributed by atoms with Crippen molar-refractivity contribution in [1.82, 2.24) is 15.1 Å². The van der Waals surface area contributed by atoms with Gasteiger partial charge in [0, 0.05) is 39.6 Å². The number of benzene rings is 1. The van der Waals surface area contributed by atoms with Gasteiger partial charge in [0.1, 0.15) is 5.75 Å². The third-order valence-corrected chi connectivity index (χ3v) is 4.07. The lowest BCUT2D eigenvalue weighted by atomic mass is 10.0. The summed E-state index contributed by atoms with van der Waals surface area (Å²) in [6.45, 7) is 1.92. The molecule has 0 atom stereocenters. The number of carbonyl (C=O) groups excluding carboxylic acids is 2. The van der Waals surface area contributed by atoms with Gasteiger partial charge in [-0.05, 0) is 31.4 Å². The highest BCUT2D eigenvalue weighted by Crippen LogP contribution is 2.12. The van der Waals surface area contributed by atoms with Crippen LogP contribution in [0.4, 0.5) is 4.79 Å². The van der Waals surface area contributed by atoms with Gasteiger partial charge in [0.2, 0.25) is 5.91 Å². The number of carbonyl (C=O) groups is 2. The maximum Gasteiger partial charge on any atom is 0.319 e. The van der Waals surface area contributed by atoms with Crippen molar-refractivity contribution in [3.63, 3.8) is 0 Å². The zero-order valence-electron chi connectivity index (χ0n) is 14.5. The minimum atomic E-state index is 0.0397. The highest BCUT2D eigenvalue weighted by atomic mass is 16.5. The van der Waals surface area contributed by atoms with Gasteiger partial charge in [-0.3, -0.25) is 4.79 Å². The second-order valence-electron chi connectivity index (χ2n) is 6.27. The fourth-order valence-corrected chi connectivity index (χ4v) is 2.74. The van der Waals surface area contributed by atoms with E-state index in [1.807, 2.05) is 35.2 Å². The molecule has 1 saturated heterocycles. The molecule has 1 N–H and O–H groups in total. The largest absolute Gasteiger partial charge is 0.494 e. The van der Waals surface area contributed by atoms with Crippen LogP contribution in [0.15, 0.2) is 30.3 Å². The summed E-state index contributed by atoms with van der Waals surface area (Å²) in [5, 5.41) is 3.06. The second-order valence-corrected chi connectivity index (χ2v) is 6.27. The smallest absolute Gasteiger partial charge is 0.319 e. The Labute approximate surface area is 143 Å². The predicted molar refractivity (Wildman–Crippen MR) is 93.0 cm³/mol. The van der Waals surface area contributed by atoms with E-state index >= 15 is 0 Å². The minimum absolute atomic E-state index is 0.0397. The minimum Gasteiger partial charge on any atom is -0.494 e. The van der Waals surface area contributed by atoms with Gasteiger partial charge in [-0.1, -0.05) is 18.2 Å². The topological polar surface area (TPSA) is 61.9 Å². The van der Waals surface area contributed by atoms with Crippen LogP contribution in [0.2, 0.25) is 0 Å². The fraction of sp³-hybridized carbons (Fsp3) is 0.556. The Hall–Kier alpha value is -2.24. The number of nitrogens with zero attached hydrogens (tertiary/aromatic N) is 2. The Kier molecular flexibility index (Phi) is 6.90. The molecule has 0 radical (unpaired) electrons. The van der Waals surface area contributed by atoms with Crippen molar-refractivity contribution in [2.75, 3.05) is 33.8 Å². The molecule has 0 unspecified atom stereocenters. The molecular weight excluding hydrogens is 306 g/mol. The Morgan fingerprint density at radius 3 is 2.50 bits per heavy atom. The number of hydrogen-bond donors (Lipinski definition) is 1. The predicted octanol–water partition coefficient (Wildman–Crippen LogP) is 2.11. The first-order valence-electron chi connectivity index (χ1n) is 8.49. The van der Waals surface area contributed by atoms with E-state index in [0.29, 0.717) is 32.5 Å². The quantitative estimate of drug-likeness (QED) is 0.811. The monoisotopic (exact) mass is 333 g/mol. The average Bonchev–Trinajstić information content (AvgIpc) is 2.59. The van der Waals surface area contributed by atoms with Crippen LogP contribution in [0.1, 0.15) is 25.7 Å². The lowest BCUT2D eigenvalue weighted by Gasteiger charge is -2.33. The SMILES string of the molecule is CN(C)C(=O)N1CCC(NC(=O)CCCOc2ccccc2)CC1. The van der Waals surface area contributed by atoms with Crippen LogP contribution < -0.4 is 10.1 Å². The van der Waals surface area contributed by atoms with Crippen molar-refractivity contribution in [2.24, 2.45) is 0 Å². The number of piperidine rings is 1. The summed E-state index contributed by atoms with van der Waals surface area (Å²) < 4.78 is 5.58. The molecule has 0 aromatic heterocycles. The highest BCUT2D eigenvalue weighted by Gasteiger charge is 2.24. The molecule has 1 aliphatic rings. The van der Waals surface area contributed by atoms with Gasteiger partial charge in [0.15, 0.2) is 0 Å². The Morgan fingerprint density at radius 1 is 1.21 bits per heavy atom. The maximum atomic E-state index is 12.0. The molecule has 2 rings (SSSR count). The van der Waals surface area contributed by atoms with E-state index < -0.39 is 0 Å². The van der Waals surface area contributed by atoms with Crippen molar-refractivity contribution in [1.29, 1.82) is 0 Å². The Balaban J connectivity index is 1.59. The van der Waals surface area contributed by atoms with Crippen molar-refractivity contribution >= 4 is 11.9 Å². The van der Waals surface area contributed by atoms with E-state index in [4.69, 9.17) is 4.74 Å². The summed E-state index contributed by atoms with van der Waals surface area (Å²) in [5.41, 5.74) is 0. The summed E-state index contributed by atoms with van der Waals surface area (Å²) in [5.74, 6) is 0.889. The number of likely N-dealkylation sites (tertiary alicyclic amines) is 1. The number of amides is 3. The van der Waals surface area contributed by atoms with Gasteiger partial charge >= 0.3 is 6.03 Å². The number of hydrogen-bond acceptors (Lipinski definition) is 3. The number of nitrogens with one attached hydrogen (secondary N) is 1. The maximum absolute atomic E-state index is 12.0. The number of ether oxygens (including phenoxy) is 1. The van der Waals surface area contributed by atoms with Crippen LogP contribution in [-0.2, 0) is 4.79 Å². The number of rotatable bonds is 6. The number of urea groups is 1. The van der Waals surface area contributed by atoms with Gasteiger partial charge < -0.3 is 19.9 Å². The zero-order valence-corrected chi connectivity index (χ0v) is 14.5. The summed E-state index contributed by atoms with van der Waals surface area (Å²) in [7, 11) is 3.52. The van der Waals surface area contributed by atoms with Crippen molar-refractivity contribution < 1.29 is 14.3 Å². The molecule has 1 fully saturated rings. The van der Waals surface area contributed by atoms with Crippen molar-refractivity contribution in [3.05, 3.63) is 30.3 Å². The normalized spacial score (nSPS) is 15.0. The fourth-order valence-electron chi connectivity index (χ4n) is 2.74. The van der Waals surface area contributed by atoms with E-state index in [9.17, 15) is 9.59 Å². The Morgan fingerprint density at radius 2 is 1.88 bits per heavy atom. The van der Waals surface area contributed by atoms with E-state index in [0.717, 1.165) is 18.6 Å². The van der Waals surface area contributed by atoms with Gasteiger partial charge in [0.05, 0.1) is 6.61 Å². The molecule has 1 aliphatic heterocycles. The molecular formula is C18H27N3O3. The molecule has 0 spiro atoms. The van der Waals surface area contributed by atoms with Crippen LogP contribution in [0, 0.1) is 0 Å². The standard InChI is InChI=1S/C18H27N3O3/c1-20(2)18(23)21-12-10-15(11-13-21)19-17(22)9-6-14-24-16-7-4-3-5-8-16/h3-5,7-8,15H,6,9-14H2,1-2H3,(H,19,22). The van der Waals surface area contributed by atoms with E-state index in [1.165, 1.54) is 0 Å². The molecule has 0 aliphatic carbocycles. The lowest BCUT2D eigenvalue weighted by molar-refractivity contribution is -0.122. The molecule has 132 valence electrons. The molecule has 0 bridgehead atoms. The third kappa shape index (κ3) is 5.76. The van der Waals surface area contributed by atoms with E-state index in [2.05, 4.69) is 5.32 Å². The van der Waals surface area contributed by atoms with Gasteiger partial charge in [-0.2, -0.15) is 0 Å². The molecule has 1 aromatic carbocycles. The molecule has 24 heavy (non-hydrogen) atoms. The second kappa shape index (κ2) is 9.15. The molecule has 1 heterocycles. The third-order valence-electron chi connectivity index (χ3n) is 4.07. The van der Waals surface area contributed by atoms with Crippen LogP contribution in [0.25, 0.3) is 0 Å². The molecule has 1 aromatic rings. The van der Waals surface area contributed by atoms with Crippen LogP contribution >= 0.6 is 0 Å².